The Bertz CT molecular complexity index is 637. The lowest BCUT2D eigenvalue weighted by atomic mass is 10.1. The number of nitrogens with zero attached hydrogens (tertiary/aromatic N) is 1. The van der Waals surface area contributed by atoms with Crippen molar-refractivity contribution in [3.8, 4) is 0 Å². The number of anilines is 2. The smallest absolute Gasteiger partial charge is 0.231 e. The summed E-state index contributed by atoms with van der Waals surface area (Å²) in [5.41, 5.74) is 9.96. The van der Waals surface area contributed by atoms with Gasteiger partial charge in [-0.3, -0.25) is 4.79 Å². The highest BCUT2D eigenvalue weighted by Crippen LogP contribution is 2.30. The standard InChI is InChI=1S/C18H20N2O/c19-16-9-10-17-15(12-16)13-18(21)20(17)11-5-4-8-14-6-2-1-3-7-14/h1-3,6-7,9-10,12H,4-5,8,11,13,19H2. The zero-order chi connectivity index (χ0) is 14.7. The lowest BCUT2D eigenvalue weighted by Gasteiger charge is -2.17. The molecule has 2 aromatic carbocycles. The van der Waals surface area contributed by atoms with Gasteiger partial charge in [0.1, 0.15) is 0 Å². The first-order chi connectivity index (χ1) is 10.2. The number of fused-ring (bicyclic) bond motifs is 1. The molecule has 0 saturated heterocycles. The minimum atomic E-state index is 0.190. The molecule has 2 N–H and O–H groups in total. The van der Waals surface area contributed by atoms with Crippen LogP contribution >= 0.6 is 0 Å². The predicted molar refractivity (Wildman–Crippen MR) is 86.3 cm³/mol. The van der Waals surface area contributed by atoms with Crippen LogP contribution < -0.4 is 10.6 Å². The van der Waals surface area contributed by atoms with Crippen LogP contribution in [0.2, 0.25) is 0 Å². The molecule has 0 bridgehead atoms. The first kappa shape index (κ1) is 13.7. The molecule has 0 spiro atoms. The molecule has 0 fully saturated rings. The van der Waals surface area contributed by atoms with Crippen molar-refractivity contribution >= 4 is 17.3 Å². The van der Waals surface area contributed by atoms with Crippen molar-refractivity contribution in [2.24, 2.45) is 0 Å². The number of hydrogen-bond donors (Lipinski definition) is 1. The van der Waals surface area contributed by atoms with Gasteiger partial charge in [-0.15, -0.1) is 0 Å². The molecule has 1 heterocycles. The first-order valence-electron chi connectivity index (χ1n) is 7.47. The number of hydrogen-bond acceptors (Lipinski definition) is 2. The number of unbranched alkanes of at least 4 members (excludes halogenated alkanes) is 1. The maximum atomic E-state index is 12.1. The molecule has 3 rings (SSSR count). The molecule has 1 aliphatic rings. The first-order valence-corrected chi connectivity index (χ1v) is 7.47. The summed E-state index contributed by atoms with van der Waals surface area (Å²) in [6, 6.07) is 16.2. The molecule has 1 aliphatic heterocycles. The Labute approximate surface area is 125 Å². The summed E-state index contributed by atoms with van der Waals surface area (Å²) >= 11 is 0. The Morgan fingerprint density at radius 1 is 1.05 bits per heavy atom. The molecule has 3 nitrogen and oxygen atoms in total. The van der Waals surface area contributed by atoms with Crippen molar-refractivity contribution in [3.05, 3.63) is 59.7 Å². The van der Waals surface area contributed by atoms with E-state index in [1.54, 1.807) is 0 Å². The number of benzene rings is 2. The van der Waals surface area contributed by atoms with Crippen LogP contribution in [0.1, 0.15) is 24.0 Å². The summed E-state index contributed by atoms with van der Waals surface area (Å²) in [5.74, 6) is 0.190. The number of aryl methyl sites for hydroxylation is 1. The van der Waals surface area contributed by atoms with E-state index in [1.165, 1.54) is 5.56 Å². The third kappa shape index (κ3) is 3.07. The van der Waals surface area contributed by atoms with E-state index in [4.69, 9.17) is 5.73 Å². The summed E-state index contributed by atoms with van der Waals surface area (Å²) in [6.45, 7) is 0.794. The van der Waals surface area contributed by atoms with Crippen LogP contribution in [0.4, 0.5) is 11.4 Å². The number of nitrogens with two attached hydrogens (primary N) is 1. The van der Waals surface area contributed by atoms with E-state index in [0.717, 1.165) is 42.7 Å². The summed E-state index contributed by atoms with van der Waals surface area (Å²) in [4.78, 5) is 14.0. The Morgan fingerprint density at radius 2 is 1.86 bits per heavy atom. The second kappa shape index (κ2) is 6.00. The molecule has 0 saturated carbocycles. The molecule has 0 aliphatic carbocycles. The Morgan fingerprint density at radius 3 is 2.67 bits per heavy atom. The van der Waals surface area contributed by atoms with Crippen LogP contribution in [0.25, 0.3) is 0 Å². The van der Waals surface area contributed by atoms with Gasteiger partial charge in [0.2, 0.25) is 5.91 Å². The van der Waals surface area contributed by atoms with Crippen molar-refractivity contribution in [1.29, 1.82) is 0 Å². The molecular formula is C18H20N2O. The molecule has 0 radical (unpaired) electrons. The van der Waals surface area contributed by atoms with Crippen LogP contribution in [0.3, 0.4) is 0 Å². The van der Waals surface area contributed by atoms with Crippen LogP contribution in [-0.2, 0) is 17.6 Å². The van der Waals surface area contributed by atoms with Gasteiger partial charge in [-0.2, -0.15) is 0 Å². The minimum Gasteiger partial charge on any atom is -0.399 e. The molecule has 3 heteroatoms. The quantitative estimate of drug-likeness (QED) is 0.675. The van der Waals surface area contributed by atoms with Crippen LogP contribution in [-0.4, -0.2) is 12.5 Å². The fourth-order valence-corrected chi connectivity index (χ4v) is 2.89. The summed E-state index contributed by atoms with van der Waals surface area (Å²) in [5, 5.41) is 0. The average molecular weight is 280 g/mol. The Kier molecular flexibility index (Phi) is 3.91. The highest BCUT2D eigenvalue weighted by molar-refractivity contribution is 6.01. The molecule has 1 amide bonds. The van der Waals surface area contributed by atoms with E-state index < -0.39 is 0 Å². The van der Waals surface area contributed by atoms with Crippen molar-refractivity contribution in [3.63, 3.8) is 0 Å². The van der Waals surface area contributed by atoms with Gasteiger partial charge in [-0.1, -0.05) is 30.3 Å². The fraction of sp³-hybridized carbons (Fsp3) is 0.278. The van der Waals surface area contributed by atoms with E-state index in [0.29, 0.717) is 6.42 Å². The highest BCUT2D eigenvalue weighted by Gasteiger charge is 2.26. The SMILES string of the molecule is Nc1ccc2c(c1)CC(=O)N2CCCCc1ccccc1. The van der Waals surface area contributed by atoms with Crippen molar-refractivity contribution in [2.75, 3.05) is 17.2 Å². The molecule has 0 atom stereocenters. The van der Waals surface area contributed by atoms with E-state index in [-0.39, 0.29) is 5.91 Å². The second-order valence-electron chi connectivity index (χ2n) is 5.55. The van der Waals surface area contributed by atoms with Crippen molar-refractivity contribution < 1.29 is 4.79 Å². The van der Waals surface area contributed by atoms with E-state index in [1.807, 2.05) is 29.2 Å². The van der Waals surface area contributed by atoms with Crippen molar-refractivity contribution in [1.82, 2.24) is 0 Å². The second-order valence-corrected chi connectivity index (χ2v) is 5.55. The van der Waals surface area contributed by atoms with Crippen LogP contribution in [0, 0.1) is 0 Å². The third-order valence-electron chi connectivity index (χ3n) is 3.98. The van der Waals surface area contributed by atoms with E-state index in [9.17, 15) is 4.79 Å². The molecule has 21 heavy (non-hydrogen) atoms. The molecule has 108 valence electrons. The zero-order valence-electron chi connectivity index (χ0n) is 12.1. The van der Waals surface area contributed by atoms with Gasteiger partial charge in [-0.25, -0.2) is 0 Å². The highest BCUT2D eigenvalue weighted by atomic mass is 16.2. The minimum absolute atomic E-state index is 0.190. The van der Waals surface area contributed by atoms with Crippen molar-refractivity contribution in [2.45, 2.75) is 25.7 Å². The number of carbonyl (C=O) groups is 1. The average Bonchev–Trinajstić information content (AvgIpc) is 2.79. The number of rotatable bonds is 5. The summed E-state index contributed by atoms with van der Waals surface area (Å²) in [7, 11) is 0. The molecule has 2 aromatic rings. The van der Waals surface area contributed by atoms with Gasteiger partial charge in [0.15, 0.2) is 0 Å². The summed E-state index contributed by atoms with van der Waals surface area (Å²) < 4.78 is 0. The van der Waals surface area contributed by atoms with Gasteiger partial charge < -0.3 is 10.6 Å². The van der Waals surface area contributed by atoms with E-state index >= 15 is 0 Å². The summed E-state index contributed by atoms with van der Waals surface area (Å²) in [6.07, 6.45) is 3.67. The lowest BCUT2D eigenvalue weighted by Crippen LogP contribution is -2.27. The van der Waals surface area contributed by atoms with Gasteiger partial charge in [0, 0.05) is 17.9 Å². The largest absolute Gasteiger partial charge is 0.399 e. The monoisotopic (exact) mass is 280 g/mol. The molecule has 0 aromatic heterocycles. The Hall–Kier alpha value is -2.29. The van der Waals surface area contributed by atoms with Crippen LogP contribution in [0.15, 0.2) is 48.5 Å². The van der Waals surface area contributed by atoms with Gasteiger partial charge in [0.05, 0.1) is 6.42 Å². The maximum absolute atomic E-state index is 12.1. The predicted octanol–water partition coefficient (Wildman–Crippen LogP) is 3.18. The normalized spacial score (nSPS) is 13.5. The number of nitrogen functional groups attached to an aromatic ring is 1. The molecule has 0 unspecified atom stereocenters. The lowest BCUT2D eigenvalue weighted by molar-refractivity contribution is -0.117. The van der Waals surface area contributed by atoms with Gasteiger partial charge >= 0.3 is 0 Å². The number of amides is 1. The Balaban J connectivity index is 1.55. The van der Waals surface area contributed by atoms with Gasteiger partial charge in [-0.05, 0) is 48.6 Å². The number of carbonyl (C=O) groups excluding carboxylic acids is 1. The van der Waals surface area contributed by atoms with Gasteiger partial charge in [0.25, 0.3) is 0 Å². The third-order valence-corrected chi connectivity index (χ3v) is 3.98. The van der Waals surface area contributed by atoms with E-state index in [2.05, 4.69) is 24.3 Å². The zero-order valence-corrected chi connectivity index (χ0v) is 12.1. The topological polar surface area (TPSA) is 46.3 Å². The molecular weight excluding hydrogens is 260 g/mol. The fourth-order valence-electron chi connectivity index (χ4n) is 2.89. The maximum Gasteiger partial charge on any atom is 0.231 e. The van der Waals surface area contributed by atoms with Crippen LogP contribution in [0.5, 0.6) is 0 Å².